The maximum atomic E-state index is 13.3. The Morgan fingerprint density at radius 2 is 1.77 bits per heavy atom. The highest BCUT2D eigenvalue weighted by atomic mass is 19.1. The Balaban J connectivity index is 1.77. The Kier molecular flexibility index (Phi) is 6.63. The molecule has 1 aromatic heterocycles. The lowest BCUT2D eigenvalue weighted by molar-refractivity contribution is 0.0370. The quantitative estimate of drug-likeness (QED) is 0.559. The van der Waals surface area contributed by atoms with Crippen LogP contribution in [0.4, 0.5) is 9.18 Å². The van der Waals surface area contributed by atoms with Gasteiger partial charge in [0.1, 0.15) is 17.2 Å². The molecule has 1 heterocycles. The largest absolute Gasteiger partial charge is 0.443 e. The summed E-state index contributed by atoms with van der Waals surface area (Å²) in [5.74, 6) is 0.621. The first kappa shape index (κ1) is 22.3. The Labute approximate surface area is 182 Å². The number of fused-ring (bicyclic) bond motifs is 1. The first-order chi connectivity index (χ1) is 14.6. The molecule has 1 amide bonds. The number of rotatable bonds is 6. The van der Waals surface area contributed by atoms with Gasteiger partial charge in [-0.15, -0.1) is 0 Å². The van der Waals surface area contributed by atoms with E-state index in [0.717, 1.165) is 22.4 Å². The van der Waals surface area contributed by atoms with E-state index in [1.807, 2.05) is 63.2 Å². The molecule has 0 saturated heterocycles. The number of hydrogen-bond acceptors (Lipinski definition) is 4. The van der Waals surface area contributed by atoms with Crippen LogP contribution in [0, 0.1) is 5.82 Å². The van der Waals surface area contributed by atoms with Gasteiger partial charge in [0, 0.05) is 33.0 Å². The molecule has 0 saturated carbocycles. The number of ether oxygens (including phenoxy) is 1. The lowest BCUT2D eigenvalue weighted by Crippen LogP contribution is -2.31. The number of imidazole rings is 1. The van der Waals surface area contributed by atoms with E-state index in [1.54, 1.807) is 25.4 Å². The predicted octanol–water partition coefficient (Wildman–Crippen LogP) is 4.99. The first-order valence-electron chi connectivity index (χ1n) is 10.2. The molecule has 0 radical (unpaired) electrons. The lowest BCUT2D eigenvalue weighted by atomic mass is 10.2. The number of hydrogen-bond donors (Lipinski definition) is 0. The van der Waals surface area contributed by atoms with E-state index in [-0.39, 0.29) is 5.82 Å². The maximum absolute atomic E-state index is 13.3. The summed E-state index contributed by atoms with van der Waals surface area (Å²) in [5, 5.41) is 0. The van der Waals surface area contributed by atoms with Crippen LogP contribution in [-0.4, -0.2) is 45.1 Å². The van der Waals surface area contributed by atoms with Crippen LogP contribution in [0.3, 0.4) is 0 Å². The van der Waals surface area contributed by atoms with E-state index in [4.69, 9.17) is 9.72 Å². The number of halogens is 1. The van der Waals surface area contributed by atoms with Crippen LogP contribution < -0.4 is 0 Å². The molecule has 31 heavy (non-hydrogen) atoms. The van der Waals surface area contributed by atoms with Gasteiger partial charge in [0.25, 0.3) is 0 Å². The van der Waals surface area contributed by atoms with E-state index >= 15 is 0 Å². The van der Waals surface area contributed by atoms with Gasteiger partial charge >= 0.3 is 6.09 Å². The predicted molar refractivity (Wildman–Crippen MR) is 120 cm³/mol. The van der Waals surface area contributed by atoms with Crippen LogP contribution in [0.15, 0.2) is 60.9 Å². The Bertz CT molecular complexity index is 1070. The van der Waals surface area contributed by atoms with Crippen molar-refractivity contribution in [1.29, 1.82) is 0 Å². The molecule has 2 aromatic carbocycles. The van der Waals surface area contributed by atoms with E-state index in [0.29, 0.717) is 13.1 Å². The molecule has 0 N–H and O–H groups in total. The van der Waals surface area contributed by atoms with E-state index in [9.17, 15) is 9.18 Å². The van der Waals surface area contributed by atoms with Gasteiger partial charge in [0.15, 0.2) is 0 Å². The highest BCUT2D eigenvalue weighted by Gasteiger charge is 2.18. The number of nitrogens with zero attached hydrogens (tertiary/aromatic N) is 4. The molecule has 0 aliphatic heterocycles. The number of para-hydroxylation sites is 2. The van der Waals surface area contributed by atoms with Gasteiger partial charge in [-0.3, -0.25) is 4.90 Å². The third-order valence-electron chi connectivity index (χ3n) is 4.60. The maximum Gasteiger partial charge on any atom is 0.414 e. The van der Waals surface area contributed by atoms with Gasteiger partial charge in [-0.2, -0.15) is 0 Å². The smallest absolute Gasteiger partial charge is 0.414 e. The Morgan fingerprint density at radius 3 is 2.45 bits per heavy atom. The average molecular weight is 425 g/mol. The van der Waals surface area contributed by atoms with Crippen LogP contribution in [0.2, 0.25) is 0 Å². The fraction of sp³-hybridized carbons (Fsp3) is 0.333. The second kappa shape index (κ2) is 9.20. The van der Waals surface area contributed by atoms with E-state index in [1.165, 1.54) is 17.0 Å². The number of amides is 1. The Hall–Kier alpha value is -3.35. The first-order valence-corrected chi connectivity index (χ1v) is 10.2. The molecule has 164 valence electrons. The molecule has 0 bridgehead atoms. The summed E-state index contributed by atoms with van der Waals surface area (Å²) in [6.45, 7) is 6.63. The minimum atomic E-state index is -0.545. The third kappa shape index (κ3) is 6.07. The fourth-order valence-corrected chi connectivity index (χ4v) is 3.08. The number of benzene rings is 2. The number of carbonyl (C=O) groups is 1. The van der Waals surface area contributed by atoms with Gasteiger partial charge in [-0.1, -0.05) is 24.3 Å². The van der Waals surface area contributed by atoms with Gasteiger partial charge < -0.3 is 14.2 Å². The second-order valence-corrected chi connectivity index (χ2v) is 8.53. The van der Waals surface area contributed by atoms with Crippen molar-refractivity contribution in [3.8, 4) is 0 Å². The standard InChI is InChI=1S/C24H29FN4O2/c1-24(2,3)31-23(30)28(5)15-14-27(4)17-22-26-20-8-6-7-9-21(20)29(22)16-18-10-12-19(25)13-11-18/h6-15H,16-17H2,1-5H3/b15-14+. The van der Waals surface area contributed by atoms with Crippen molar-refractivity contribution in [3.05, 3.63) is 78.1 Å². The highest BCUT2D eigenvalue weighted by Crippen LogP contribution is 2.19. The molecule has 3 rings (SSSR count). The summed E-state index contributed by atoms with van der Waals surface area (Å²) in [7, 11) is 3.57. The molecule has 0 aliphatic rings. The summed E-state index contributed by atoms with van der Waals surface area (Å²) in [6, 6.07) is 14.5. The molecule has 0 unspecified atom stereocenters. The van der Waals surface area contributed by atoms with E-state index in [2.05, 4.69) is 4.57 Å². The third-order valence-corrected chi connectivity index (χ3v) is 4.60. The summed E-state index contributed by atoms with van der Waals surface area (Å²) >= 11 is 0. The molecular weight excluding hydrogens is 395 g/mol. The number of carbonyl (C=O) groups excluding carboxylic acids is 1. The van der Waals surface area contributed by atoms with Crippen LogP contribution in [-0.2, 0) is 17.8 Å². The molecule has 0 fully saturated rings. The fourth-order valence-electron chi connectivity index (χ4n) is 3.08. The van der Waals surface area contributed by atoms with Crippen molar-refractivity contribution in [2.45, 2.75) is 39.5 Å². The minimum absolute atomic E-state index is 0.251. The summed E-state index contributed by atoms with van der Waals surface area (Å²) in [4.78, 5) is 20.3. The summed E-state index contributed by atoms with van der Waals surface area (Å²) < 4.78 is 20.8. The minimum Gasteiger partial charge on any atom is -0.443 e. The van der Waals surface area contributed by atoms with Crippen molar-refractivity contribution < 1.29 is 13.9 Å². The van der Waals surface area contributed by atoms with Crippen LogP contribution >= 0.6 is 0 Å². The zero-order valence-corrected chi connectivity index (χ0v) is 18.7. The molecule has 0 atom stereocenters. The Morgan fingerprint density at radius 1 is 1.10 bits per heavy atom. The lowest BCUT2D eigenvalue weighted by Gasteiger charge is -2.23. The van der Waals surface area contributed by atoms with Gasteiger partial charge in [-0.05, 0) is 50.6 Å². The highest BCUT2D eigenvalue weighted by molar-refractivity contribution is 5.76. The van der Waals surface area contributed by atoms with Crippen molar-refractivity contribution in [2.75, 3.05) is 14.1 Å². The van der Waals surface area contributed by atoms with Crippen LogP contribution in [0.5, 0.6) is 0 Å². The second-order valence-electron chi connectivity index (χ2n) is 8.53. The molecule has 7 heteroatoms. The van der Waals surface area contributed by atoms with Gasteiger partial charge in [0.2, 0.25) is 0 Å². The monoisotopic (exact) mass is 424 g/mol. The average Bonchev–Trinajstić information content (AvgIpc) is 3.03. The zero-order valence-electron chi connectivity index (χ0n) is 18.7. The zero-order chi connectivity index (χ0) is 22.6. The molecule has 6 nitrogen and oxygen atoms in total. The SMILES string of the molecule is CN(/C=C/N(C)C(=O)OC(C)(C)C)Cc1nc2ccccc2n1Cc1ccc(F)cc1. The summed E-state index contributed by atoms with van der Waals surface area (Å²) in [5.41, 5.74) is 2.37. The molecule has 3 aromatic rings. The van der Waals surface area contributed by atoms with E-state index < -0.39 is 11.7 Å². The molecule has 0 aliphatic carbocycles. The van der Waals surface area contributed by atoms with Gasteiger partial charge in [0.05, 0.1) is 17.6 Å². The van der Waals surface area contributed by atoms with Crippen molar-refractivity contribution in [3.63, 3.8) is 0 Å². The van der Waals surface area contributed by atoms with Gasteiger partial charge in [-0.25, -0.2) is 14.2 Å². The topological polar surface area (TPSA) is 50.6 Å². The molecule has 0 spiro atoms. The normalized spacial score (nSPS) is 11.8. The van der Waals surface area contributed by atoms with Crippen LogP contribution in [0.1, 0.15) is 32.2 Å². The van der Waals surface area contributed by atoms with Crippen molar-refractivity contribution >= 4 is 17.1 Å². The van der Waals surface area contributed by atoms with Crippen molar-refractivity contribution in [2.24, 2.45) is 0 Å². The molecular formula is C24H29FN4O2. The van der Waals surface area contributed by atoms with Crippen LogP contribution in [0.25, 0.3) is 11.0 Å². The van der Waals surface area contributed by atoms with Crippen molar-refractivity contribution in [1.82, 2.24) is 19.4 Å². The number of aromatic nitrogens is 2. The summed E-state index contributed by atoms with van der Waals surface area (Å²) in [6.07, 6.45) is 3.06.